The van der Waals surface area contributed by atoms with E-state index in [-0.39, 0.29) is 18.1 Å². The Labute approximate surface area is 93.9 Å². The summed E-state index contributed by atoms with van der Waals surface area (Å²) in [5.74, 6) is 0. The second-order valence-electron chi connectivity index (χ2n) is 4.83. The van der Waals surface area contributed by atoms with Gasteiger partial charge in [-0.3, -0.25) is 0 Å². The quantitative estimate of drug-likeness (QED) is 0.578. The van der Waals surface area contributed by atoms with Gasteiger partial charge in [-0.05, 0) is 33.1 Å². The number of aliphatic hydroxyl groups excluding tert-OH is 2. The number of nitrogens with one attached hydrogen (secondary N) is 1. The van der Waals surface area contributed by atoms with Gasteiger partial charge < -0.3 is 15.5 Å². The van der Waals surface area contributed by atoms with Gasteiger partial charge in [0.05, 0.1) is 6.10 Å². The van der Waals surface area contributed by atoms with Gasteiger partial charge in [-0.2, -0.15) is 0 Å². The number of aliphatic hydroxyl groups is 2. The molecule has 0 radical (unpaired) electrons. The largest absolute Gasteiger partial charge is 0.396 e. The lowest BCUT2D eigenvalue weighted by atomic mass is 9.82. The Morgan fingerprint density at radius 2 is 1.93 bits per heavy atom. The van der Waals surface area contributed by atoms with Crippen LogP contribution in [0.1, 0.15) is 47.0 Å². The SMILES string of the molecule is CCC(C)(CNC(C)CCCO)C(C)O. The minimum Gasteiger partial charge on any atom is -0.396 e. The van der Waals surface area contributed by atoms with E-state index in [9.17, 15) is 5.11 Å². The zero-order valence-electron chi connectivity index (χ0n) is 10.6. The Morgan fingerprint density at radius 1 is 1.33 bits per heavy atom. The van der Waals surface area contributed by atoms with Crippen molar-refractivity contribution in [1.29, 1.82) is 0 Å². The molecule has 3 atom stereocenters. The lowest BCUT2D eigenvalue weighted by Crippen LogP contribution is -2.42. The van der Waals surface area contributed by atoms with Crippen LogP contribution in [0.3, 0.4) is 0 Å². The highest BCUT2D eigenvalue weighted by molar-refractivity contribution is 4.81. The number of hydrogen-bond donors (Lipinski definition) is 3. The number of hydrogen-bond acceptors (Lipinski definition) is 3. The summed E-state index contributed by atoms with van der Waals surface area (Å²) in [5, 5.41) is 21.8. The van der Waals surface area contributed by atoms with E-state index in [1.165, 1.54) is 0 Å². The van der Waals surface area contributed by atoms with Crippen LogP contribution in [0.2, 0.25) is 0 Å². The first-order chi connectivity index (χ1) is 6.96. The highest BCUT2D eigenvalue weighted by Crippen LogP contribution is 2.24. The van der Waals surface area contributed by atoms with Crippen molar-refractivity contribution in [3.05, 3.63) is 0 Å². The van der Waals surface area contributed by atoms with Crippen molar-refractivity contribution in [3.8, 4) is 0 Å². The molecule has 0 heterocycles. The molecule has 0 aromatic heterocycles. The zero-order chi connectivity index (χ0) is 11.9. The molecular formula is C12H27NO2. The topological polar surface area (TPSA) is 52.5 Å². The molecule has 3 unspecified atom stereocenters. The molecule has 3 N–H and O–H groups in total. The van der Waals surface area contributed by atoms with Gasteiger partial charge >= 0.3 is 0 Å². The van der Waals surface area contributed by atoms with Crippen LogP contribution in [0.25, 0.3) is 0 Å². The molecule has 0 saturated heterocycles. The molecule has 0 spiro atoms. The Morgan fingerprint density at radius 3 is 2.33 bits per heavy atom. The van der Waals surface area contributed by atoms with Crippen molar-refractivity contribution in [3.63, 3.8) is 0 Å². The van der Waals surface area contributed by atoms with E-state index >= 15 is 0 Å². The molecule has 3 nitrogen and oxygen atoms in total. The van der Waals surface area contributed by atoms with Crippen LogP contribution >= 0.6 is 0 Å². The summed E-state index contributed by atoms with van der Waals surface area (Å²) in [6.45, 7) is 9.26. The standard InChI is InChI=1S/C12H27NO2/c1-5-12(4,11(3)15)9-13-10(2)7-6-8-14/h10-11,13-15H,5-9H2,1-4H3. The van der Waals surface area contributed by atoms with E-state index in [1.54, 1.807) is 0 Å². The van der Waals surface area contributed by atoms with Crippen LogP contribution in [0, 0.1) is 5.41 Å². The first kappa shape index (κ1) is 14.9. The maximum atomic E-state index is 9.68. The fraction of sp³-hybridized carbons (Fsp3) is 1.00. The summed E-state index contributed by atoms with van der Waals surface area (Å²) < 4.78 is 0. The molecule has 3 heteroatoms. The zero-order valence-corrected chi connectivity index (χ0v) is 10.6. The lowest BCUT2D eigenvalue weighted by molar-refractivity contribution is 0.0470. The Kier molecular flexibility index (Phi) is 7.14. The maximum absolute atomic E-state index is 9.68. The summed E-state index contributed by atoms with van der Waals surface area (Å²) in [6.07, 6.45) is 2.49. The predicted octanol–water partition coefficient (Wildman–Crippen LogP) is 1.53. The molecule has 15 heavy (non-hydrogen) atoms. The minimum absolute atomic E-state index is 0.0481. The van der Waals surface area contributed by atoms with Gasteiger partial charge in [0.2, 0.25) is 0 Å². The van der Waals surface area contributed by atoms with Gasteiger partial charge in [-0.1, -0.05) is 13.8 Å². The molecule has 0 aliphatic heterocycles. The first-order valence-electron chi connectivity index (χ1n) is 5.98. The maximum Gasteiger partial charge on any atom is 0.0577 e. The van der Waals surface area contributed by atoms with Gasteiger partial charge in [0.25, 0.3) is 0 Å². The highest BCUT2D eigenvalue weighted by Gasteiger charge is 2.27. The summed E-state index contributed by atoms with van der Waals surface area (Å²) in [4.78, 5) is 0. The average Bonchev–Trinajstić information content (AvgIpc) is 2.22. The molecule has 92 valence electrons. The predicted molar refractivity (Wildman–Crippen MR) is 63.9 cm³/mol. The Balaban J connectivity index is 3.89. The summed E-state index contributed by atoms with van der Waals surface area (Å²) in [7, 11) is 0. The van der Waals surface area contributed by atoms with Crippen molar-refractivity contribution in [2.75, 3.05) is 13.2 Å². The summed E-state index contributed by atoms with van der Waals surface area (Å²) in [5.41, 5.74) is -0.0481. The van der Waals surface area contributed by atoms with E-state index in [0.717, 1.165) is 25.8 Å². The number of rotatable bonds is 8. The van der Waals surface area contributed by atoms with Crippen molar-refractivity contribution < 1.29 is 10.2 Å². The second-order valence-corrected chi connectivity index (χ2v) is 4.83. The fourth-order valence-corrected chi connectivity index (χ4v) is 1.48. The van der Waals surface area contributed by atoms with Crippen molar-refractivity contribution >= 4 is 0 Å². The molecule has 0 saturated carbocycles. The Bertz CT molecular complexity index is 162. The molecule has 0 rings (SSSR count). The summed E-state index contributed by atoms with van der Waals surface area (Å²) >= 11 is 0. The van der Waals surface area contributed by atoms with Crippen LogP contribution in [0.5, 0.6) is 0 Å². The van der Waals surface area contributed by atoms with E-state index in [0.29, 0.717) is 6.04 Å². The van der Waals surface area contributed by atoms with Gasteiger partial charge in [0, 0.05) is 24.6 Å². The molecule has 0 aliphatic carbocycles. The van der Waals surface area contributed by atoms with E-state index in [2.05, 4.69) is 26.1 Å². The molecule has 0 aromatic carbocycles. The third-order valence-corrected chi connectivity index (χ3v) is 3.47. The smallest absolute Gasteiger partial charge is 0.0577 e. The van der Waals surface area contributed by atoms with Gasteiger partial charge in [0.15, 0.2) is 0 Å². The monoisotopic (exact) mass is 217 g/mol. The van der Waals surface area contributed by atoms with Crippen LogP contribution < -0.4 is 5.32 Å². The normalized spacial score (nSPS) is 19.6. The van der Waals surface area contributed by atoms with Crippen LogP contribution in [0.4, 0.5) is 0 Å². The average molecular weight is 217 g/mol. The summed E-state index contributed by atoms with van der Waals surface area (Å²) in [6, 6.07) is 0.404. The van der Waals surface area contributed by atoms with Gasteiger partial charge in [-0.25, -0.2) is 0 Å². The third-order valence-electron chi connectivity index (χ3n) is 3.47. The van der Waals surface area contributed by atoms with Gasteiger partial charge in [-0.15, -0.1) is 0 Å². The lowest BCUT2D eigenvalue weighted by Gasteiger charge is -2.33. The van der Waals surface area contributed by atoms with E-state index < -0.39 is 0 Å². The van der Waals surface area contributed by atoms with E-state index in [1.807, 2.05) is 6.92 Å². The second kappa shape index (κ2) is 7.20. The van der Waals surface area contributed by atoms with Crippen molar-refractivity contribution in [1.82, 2.24) is 5.32 Å². The fourth-order valence-electron chi connectivity index (χ4n) is 1.48. The molecule has 0 fully saturated rings. The van der Waals surface area contributed by atoms with Crippen LogP contribution in [-0.2, 0) is 0 Å². The molecule has 0 aromatic rings. The Hall–Kier alpha value is -0.120. The van der Waals surface area contributed by atoms with E-state index in [4.69, 9.17) is 5.11 Å². The van der Waals surface area contributed by atoms with Crippen molar-refractivity contribution in [2.24, 2.45) is 5.41 Å². The van der Waals surface area contributed by atoms with Gasteiger partial charge in [0.1, 0.15) is 0 Å². The van der Waals surface area contributed by atoms with Crippen LogP contribution in [-0.4, -0.2) is 35.5 Å². The molecule has 0 aliphatic rings. The minimum atomic E-state index is -0.292. The highest BCUT2D eigenvalue weighted by atomic mass is 16.3. The molecular weight excluding hydrogens is 190 g/mol. The van der Waals surface area contributed by atoms with Crippen LogP contribution in [0.15, 0.2) is 0 Å². The molecule has 0 bridgehead atoms. The third kappa shape index (κ3) is 5.50. The van der Waals surface area contributed by atoms with Crippen molar-refractivity contribution in [2.45, 2.75) is 59.1 Å². The molecule has 0 amide bonds. The first-order valence-corrected chi connectivity index (χ1v) is 5.98.